The molecule has 0 bridgehead atoms. The Hall–Kier alpha value is -2.80. The Bertz CT molecular complexity index is 772. The van der Waals surface area contributed by atoms with Gasteiger partial charge in [-0.25, -0.2) is 9.67 Å². The number of thiocarbonyl (C=S) groups is 1. The molecule has 2 aromatic heterocycles. The predicted octanol–water partition coefficient (Wildman–Crippen LogP) is 2.09. The number of nitrogens with two attached hydrogens (primary N) is 1. The average molecular weight is 297 g/mol. The number of para-hydroxylation sites is 1. The van der Waals surface area contributed by atoms with E-state index in [-0.39, 0.29) is 11.0 Å². The zero-order valence-electron chi connectivity index (χ0n) is 10.9. The molecule has 0 amide bonds. The molecule has 0 saturated carbocycles. The summed E-state index contributed by atoms with van der Waals surface area (Å²) in [6.07, 6.45) is 1.57. The van der Waals surface area contributed by atoms with Gasteiger partial charge in [0.05, 0.1) is 5.69 Å². The summed E-state index contributed by atoms with van der Waals surface area (Å²) in [6.45, 7) is 0. The summed E-state index contributed by atoms with van der Waals surface area (Å²) in [7, 11) is 0. The number of nitrogens with zero attached hydrogens (tertiary/aromatic N) is 4. The van der Waals surface area contributed by atoms with Crippen LogP contribution in [0.4, 0.5) is 0 Å². The van der Waals surface area contributed by atoms with Gasteiger partial charge in [-0.1, -0.05) is 36.5 Å². The summed E-state index contributed by atoms with van der Waals surface area (Å²) in [4.78, 5) is 8.47. The highest BCUT2D eigenvalue weighted by Gasteiger charge is 2.07. The molecule has 1 aromatic carbocycles. The SMILES string of the molecule is NC(=S)c1cccc(Oc2ncn(-c3ccccc3)n2)n1. The van der Waals surface area contributed by atoms with Crippen molar-refractivity contribution in [1.82, 2.24) is 19.7 Å². The number of aromatic nitrogens is 4. The Morgan fingerprint density at radius 3 is 2.67 bits per heavy atom. The summed E-state index contributed by atoms with van der Waals surface area (Å²) in [5.74, 6) is 0.339. The molecular formula is C14H11N5OS. The Labute approximate surface area is 126 Å². The first-order valence-corrected chi connectivity index (χ1v) is 6.55. The topological polar surface area (TPSA) is 78.9 Å². The summed E-state index contributed by atoms with van der Waals surface area (Å²) < 4.78 is 7.12. The molecule has 21 heavy (non-hydrogen) atoms. The number of pyridine rings is 1. The van der Waals surface area contributed by atoms with Crippen LogP contribution in [0.25, 0.3) is 5.69 Å². The van der Waals surface area contributed by atoms with E-state index in [4.69, 9.17) is 22.7 Å². The molecule has 0 saturated heterocycles. The molecule has 3 rings (SSSR count). The van der Waals surface area contributed by atoms with E-state index in [2.05, 4.69) is 15.1 Å². The number of benzene rings is 1. The minimum absolute atomic E-state index is 0.200. The molecule has 3 aromatic rings. The molecule has 7 heteroatoms. The zero-order chi connectivity index (χ0) is 14.7. The average Bonchev–Trinajstić information content (AvgIpc) is 2.97. The van der Waals surface area contributed by atoms with Gasteiger partial charge in [0.15, 0.2) is 0 Å². The minimum Gasteiger partial charge on any atom is -0.404 e. The van der Waals surface area contributed by atoms with Crippen molar-refractivity contribution in [3.63, 3.8) is 0 Å². The Balaban J connectivity index is 1.82. The van der Waals surface area contributed by atoms with Crippen LogP contribution in [0, 0.1) is 0 Å². The fourth-order valence-electron chi connectivity index (χ4n) is 1.70. The van der Waals surface area contributed by atoms with E-state index in [0.29, 0.717) is 11.6 Å². The standard InChI is InChI=1S/C14H11N5OS/c15-13(21)11-7-4-8-12(17-11)20-14-16-9-19(18-14)10-5-2-1-3-6-10/h1-9H,(H2,15,21). The van der Waals surface area contributed by atoms with E-state index in [1.807, 2.05) is 30.3 Å². The van der Waals surface area contributed by atoms with Crippen molar-refractivity contribution in [2.75, 3.05) is 0 Å². The first kappa shape index (κ1) is 13.2. The summed E-state index contributed by atoms with van der Waals surface area (Å²) >= 11 is 4.88. The summed E-state index contributed by atoms with van der Waals surface area (Å²) in [6, 6.07) is 15.0. The van der Waals surface area contributed by atoms with Crippen molar-refractivity contribution >= 4 is 17.2 Å². The first-order chi connectivity index (χ1) is 10.2. The molecule has 0 aliphatic rings. The maximum Gasteiger partial charge on any atom is 0.342 e. The fourth-order valence-corrected chi connectivity index (χ4v) is 1.82. The number of hydrogen-bond acceptors (Lipinski definition) is 5. The third-order valence-electron chi connectivity index (χ3n) is 2.66. The quantitative estimate of drug-likeness (QED) is 0.743. The second-order valence-corrected chi connectivity index (χ2v) is 4.57. The van der Waals surface area contributed by atoms with Crippen LogP contribution in [-0.2, 0) is 0 Å². The van der Waals surface area contributed by atoms with Crippen LogP contribution < -0.4 is 10.5 Å². The van der Waals surface area contributed by atoms with Gasteiger partial charge in [-0.05, 0) is 18.2 Å². The molecule has 6 nitrogen and oxygen atoms in total. The molecular weight excluding hydrogens is 286 g/mol. The molecule has 0 atom stereocenters. The van der Waals surface area contributed by atoms with Crippen LogP contribution in [0.1, 0.15) is 5.69 Å². The van der Waals surface area contributed by atoms with Gasteiger partial charge in [0.2, 0.25) is 5.88 Å². The van der Waals surface area contributed by atoms with E-state index < -0.39 is 0 Å². The van der Waals surface area contributed by atoms with Gasteiger partial charge in [-0.3, -0.25) is 0 Å². The zero-order valence-corrected chi connectivity index (χ0v) is 11.7. The van der Waals surface area contributed by atoms with Gasteiger partial charge in [0.1, 0.15) is 17.0 Å². The Morgan fingerprint density at radius 2 is 1.90 bits per heavy atom. The molecule has 0 aliphatic heterocycles. The van der Waals surface area contributed by atoms with Crippen molar-refractivity contribution in [1.29, 1.82) is 0 Å². The summed E-state index contributed by atoms with van der Waals surface area (Å²) in [5, 5.41) is 4.23. The third-order valence-corrected chi connectivity index (χ3v) is 2.87. The number of hydrogen-bond donors (Lipinski definition) is 1. The van der Waals surface area contributed by atoms with E-state index in [1.165, 1.54) is 0 Å². The van der Waals surface area contributed by atoms with E-state index in [1.54, 1.807) is 29.2 Å². The maximum absolute atomic E-state index is 5.53. The lowest BCUT2D eigenvalue weighted by molar-refractivity contribution is 0.424. The minimum atomic E-state index is 0.200. The lowest BCUT2D eigenvalue weighted by Crippen LogP contribution is -2.11. The summed E-state index contributed by atoms with van der Waals surface area (Å²) in [5.41, 5.74) is 6.92. The third kappa shape index (κ3) is 3.03. The van der Waals surface area contributed by atoms with Gasteiger partial charge in [-0.15, -0.1) is 5.10 Å². The highest BCUT2D eigenvalue weighted by Crippen LogP contribution is 2.16. The molecule has 0 spiro atoms. The second-order valence-electron chi connectivity index (χ2n) is 4.13. The van der Waals surface area contributed by atoms with Crippen LogP contribution in [-0.4, -0.2) is 24.7 Å². The van der Waals surface area contributed by atoms with Gasteiger partial charge in [0.25, 0.3) is 0 Å². The molecule has 0 radical (unpaired) electrons. The lowest BCUT2D eigenvalue weighted by atomic mass is 10.3. The van der Waals surface area contributed by atoms with Gasteiger partial charge in [0, 0.05) is 6.07 Å². The Kier molecular flexibility index (Phi) is 3.57. The van der Waals surface area contributed by atoms with Crippen molar-refractivity contribution in [3.05, 3.63) is 60.6 Å². The van der Waals surface area contributed by atoms with Crippen molar-refractivity contribution in [2.24, 2.45) is 5.73 Å². The van der Waals surface area contributed by atoms with Gasteiger partial charge < -0.3 is 10.5 Å². The van der Waals surface area contributed by atoms with Crippen LogP contribution in [0.5, 0.6) is 11.9 Å². The van der Waals surface area contributed by atoms with Crippen LogP contribution >= 0.6 is 12.2 Å². The monoisotopic (exact) mass is 297 g/mol. The highest BCUT2D eigenvalue weighted by atomic mass is 32.1. The van der Waals surface area contributed by atoms with Crippen molar-refractivity contribution in [3.8, 4) is 17.6 Å². The van der Waals surface area contributed by atoms with E-state index in [0.717, 1.165) is 5.69 Å². The largest absolute Gasteiger partial charge is 0.404 e. The molecule has 0 unspecified atom stereocenters. The van der Waals surface area contributed by atoms with Crippen LogP contribution in [0.15, 0.2) is 54.9 Å². The van der Waals surface area contributed by atoms with Crippen LogP contribution in [0.2, 0.25) is 0 Å². The number of ether oxygens (including phenoxy) is 1. The predicted molar refractivity (Wildman–Crippen MR) is 81.6 cm³/mol. The molecule has 2 heterocycles. The fraction of sp³-hybridized carbons (Fsp3) is 0. The smallest absolute Gasteiger partial charge is 0.342 e. The number of rotatable bonds is 4. The highest BCUT2D eigenvalue weighted by molar-refractivity contribution is 7.80. The van der Waals surface area contributed by atoms with E-state index >= 15 is 0 Å². The van der Waals surface area contributed by atoms with Crippen molar-refractivity contribution < 1.29 is 4.74 Å². The lowest BCUT2D eigenvalue weighted by Gasteiger charge is -2.02. The van der Waals surface area contributed by atoms with E-state index in [9.17, 15) is 0 Å². The van der Waals surface area contributed by atoms with Crippen LogP contribution in [0.3, 0.4) is 0 Å². The molecule has 0 fully saturated rings. The Morgan fingerprint density at radius 1 is 1.10 bits per heavy atom. The molecule has 2 N–H and O–H groups in total. The molecule has 0 aliphatic carbocycles. The molecule has 104 valence electrons. The second kappa shape index (κ2) is 5.68. The van der Waals surface area contributed by atoms with Gasteiger partial charge >= 0.3 is 6.01 Å². The maximum atomic E-state index is 5.53. The van der Waals surface area contributed by atoms with Crippen molar-refractivity contribution in [2.45, 2.75) is 0 Å². The normalized spacial score (nSPS) is 10.3. The first-order valence-electron chi connectivity index (χ1n) is 6.14. The van der Waals surface area contributed by atoms with Gasteiger partial charge in [-0.2, -0.15) is 4.98 Å².